The Morgan fingerprint density at radius 2 is 1.30 bits per heavy atom. The molecule has 0 heterocycles. The Bertz CT molecular complexity index is 144. The van der Waals surface area contributed by atoms with Gasteiger partial charge in [0.05, 0.1) is 0 Å². The van der Waals surface area contributed by atoms with Crippen molar-refractivity contribution < 1.29 is 10.6 Å². The lowest BCUT2D eigenvalue weighted by Gasteiger charge is -1.82. The first-order chi connectivity index (χ1) is 3.39. The van der Waals surface area contributed by atoms with E-state index in [-0.39, 0.29) is 17.8 Å². The molecule has 1 rings (SSSR count). The molecule has 0 saturated heterocycles. The zero-order chi connectivity index (χ0) is 5.11. The highest BCUT2D eigenvalue weighted by Gasteiger charge is 1.74. The number of phenolic OH excluding ortho intramolecular Hbond substituents is 1. The monoisotopic (exact) mass is 138 g/mol. The minimum Gasteiger partial charge on any atom is -0.508 e. The molecule has 0 spiro atoms. The molecule has 0 unspecified atom stereocenters. The van der Waals surface area contributed by atoms with E-state index in [0.29, 0.717) is 5.75 Å². The molecule has 0 atom stereocenters. The Labute approximate surface area is 60.0 Å². The lowest BCUT2D eigenvalue weighted by atomic mass is 10.3. The van der Waals surface area contributed by atoms with Gasteiger partial charge in [0.15, 0.2) is 0 Å². The van der Waals surface area contributed by atoms with Crippen LogP contribution >= 0.6 is 0 Å². The van der Waals surface area contributed by atoms with E-state index in [1.54, 1.807) is 24.3 Å². The number of rotatable bonds is 0. The number of phenols is 1. The summed E-state index contributed by atoms with van der Waals surface area (Å²) >= 11 is 0. The molecule has 0 saturated carbocycles. The Morgan fingerprint density at radius 3 is 1.50 bits per heavy atom. The largest absolute Gasteiger partial charge is 0.508 e. The van der Waals surface area contributed by atoms with Crippen molar-refractivity contribution >= 4 is 0 Å². The van der Waals surface area contributed by atoms with Crippen LogP contribution in [0.4, 0.5) is 0 Å². The van der Waals surface area contributed by atoms with Gasteiger partial charge in [0.2, 0.25) is 0 Å². The standard InChI is InChI=1S/C6H6O.2N.O/c7-6-4-2-1-3-5-6;;;/h1-5,7H;;;. The minimum absolute atomic E-state index is 0. The summed E-state index contributed by atoms with van der Waals surface area (Å²) in [5.74, 6) is 0.322. The third-order valence-electron chi connectivity index (χ3n) is 0.756. The number of hydrogen-bond donors (Lipinski definition) is 1. The average molecular weight is 138 g/mol. The van der Waals surface area contributed by atoms with E-state index >= 15 is 0 Å². The summed E-state index contributed by atoms with van der Waals surface area (Å²) in [4.78, 5) is 0. The van der Waals surface area contributed by atoms with Crippen molar-refractivity contribution in [1.82, 2.24) is 12.3 Å². The zero-order valence-electron chi connectivity index (χ0n) is 5.14. The molecule has 0 aliphatic heterocycles. The fraction of sp³-hybridized carbons (Fsp3) is 0. The fourth-order valence-corrected chi connectivity index (χ4v) is 0.428. The molecular weight excluding hydrogens is 132 g/mol. The van der Waals surface area contributed by atoms with Gasteiger partial charge in [0.1, 0.15) is 5.75 Å². The number of aromatic hydroxyl groups is 1. The second-order valence-corrected chi connectivity index (χ2v) is 1.34. The predicted octanol–water partition coefficient (Wildman–Crippen LogP) is 0.312. The molecule has 0 amide bonds. The third-order valence-corrected chi connectivity index (χ3v) is 0.756. The van der Waals surface area contributed by atoms with Gasteiger partial charge in [-0.3, -0.25) is 0 Å². The van der Waals surface area contributed by atoms with Crippen molar-refractivity contribution in [2.45, 2.75) is 0 Å². The van der Waals surface area contributed by atoms with Gasteiger partial charge in [-0.05, 0) is 12.1 Å². The van der Waals surface area contributed by atoms with Crippen molar-refractivity contribution in [2.75, 3.05) is 0 Å². The Hall–Kier alpha value is -1.10. The van der Waals surface area contributed by atoms with Gasteiger partial charge in [-0.15, -0.1) is 0 Å². The first kappa shape index (κ1) is 16.0. The third kappa shape index (κ3) is 5.04. The van der Waals surface area contributed by atoms with Crippen molar-refractivity contribution in [3.05, 3.63) is 30.3 Å². The molecule has 0 bridgehead atoms. The molecule has 0 aromatic heterocycles. The molecule has 4 nitrogen and oxygen atoms in total. The number of nitrogens with zero attached hydrogens (tertiary/aromatic N) is 2. The minimum atomic E-state index is 0. The van der Waals surface area contributed by atoms with Gasteiger partial charge < -0.3 is 5.11 Å². The van der Waals surface area contributed by atoms with Crippen molar-refractivity contribution in [1.29, 1.82) is 0 Å². The predicted molar refractivity (Wildman–Crippen MR) is 33.1 cm³/mol. The van der Waals surface area contributed by atoms with E-state index < -0.39 is 0 Å². The van der Waals surface area contributed by atoms with E-state index in [0.717, 1.165) is 0 Å². The Morgan fingerprint density at radius 1 is 0.900 bits per heavy atom. The van der Waals surface area contributed by atoms with Gasteiger partial charge in [0, 0.05) is 17.8 Å². The SMILES string of the molecule is Oc1ccccc1.[N].[N].[O]. The van der Waals surface area contributed by atoms with Gasteiger partial charge >= 0.3 is 0 Å². The quantitative estimate of drug-likeness (QED) is 0.546. The number of para-hydroxylation sites is 1. The van der Waals surface area contributed by atoms with Crippen LogP contribution in [-0.2, 0) is 5.48 Å². The van der Waals surface area contributed by atoms with Crippen LogP contribution in [0.2, 0.25) is 0 Å². The highest BCUT2D eigenvalue weighted by molar-refractivity contribution is 5.18. The maximum absolute atomic E-state index is 8.63. The second-order valence-electron chi connectivity index (χ2n) is 1.34. The van der Waals surface area contributed by atoms with Crippen LogP contribution in [0.1, 0.15) is 0 Å². The summed E-state index contributed by atoms with van der Waals surface area (Å²) in [5, 5.41) is 8.63. The Kier molecular flexibility index (Phi) is 12.6. The van der Waals surface area contributed by atoms with E-state index in [1.165, 1.54) is 0 Å². The van der Waals surface area contributed by atoms with Gasteiger partial charge in [0.25, 0.3) is 0 Å². The molecule has 52 valence electrons. The summed E-state index contributed by atoms with van der Waals surface area (Å²) < 4.78 is 0. The van der Waals surface area contributed by atoms with Gasteiger partial charge in [-0.2, -0.15) is 0 Å². The van der Waals surface area contributed by atoms with Gasteiger partial charge in [-0.25, -0.2) is 0 Å². The first-order valence-electron chi connectivity index (χ1n) is 2.13. The molecule has 0 aliphatic rings. The summed E-state index contributed by atoms with van der Waals surface area (Å²) in [6, 6.07) is 8.71. The van der Waals surface area contributed by atoms with Crippen LogP contribution < -0.4 is 12.3 Å². The normalized spacial score (nSPS) is 6.00. The molecule has 8 radical (unpaired) electrons. The van der Waals surface area contributed by atoms with Gasteiger partial charge in [-0.1, -0.05) is 18.2 Å². The summed E-state index contributed by atoms with van der Waals surface area (Å²) in [7, 11) is 0. The fourth-order valence-electron chi connectivity index (χ4n) is 0.428. The topological polar surface area (TPSA) is 110 Å². The molecular formula is C6H6N2O2. The highest BCUT2D eigenvalue weighted by Crippen LogP contribution is 2.02. The van der Waals surface area contributed by atoms with Crippen LogP contribution in [0.3, 0.4) is 0 Å². The molecule has 1 aromatic carbocycles. The average Bonchev–Trinajstić information content (AvgIpc) is 1.69. The molecule has 10 heavy (non-hydrogen) atoms. The smallest absolute Gasteiger partial charge is 0.115 e. The van der Waals surface area contributed by atoms with E-state index in [2.05, 4.69) is 0 Å². The zero-order valence-corrected chi connectivity index (χ0v) is 5.14. The van der Waals surface area contributed by atoms with E-state index in [1.807, 2.05) is 6.07 Å². The maximum atomic E-state index is 8.63. The van der Waals surface area contributed by atoms with Crippen LogP contribution in [0, 0.1) is 0 Å². The summed E-state index contributed by atoms with van der Waals surface area (Å²) in [6.07, 6.45) is 0. The number of hydrogen-bond acceptors (Lipinski definition) is 1. The summed E-state index contributed by atoms with van der Waals surface area (Å²) in [6.45, 7) is 0. The van der Waals surface area contributed by atoms with Crippen LogP contribution in [-0.4, -0.2) is 5.11 Å². The second kappa shape index (κ2) is 7.90. The molecule has 1 N–H and O–H groups in total. The molecule has 1 aromatic rings. The van der Waals surface area contributed by atoms with E-state index in [4.69, 9.17) is 5.11 Å². The Balaban J connectivity index is -0.000000163. The molecule has 0 fully saturated rings. The lowest BCUT2D eigenvalue weighted by molar-refractivity contribution is 0.475. The molecule has 4 heteroatoms. The summed E-state index contributed by atoms with van der Waals surface area (Å²) in [5.41, 5.74) is 0. The maximum Gasteiger partial charge on any atom is 0.115 e. The van der Waals surface area contributed by atoms with Crippen molar-refractivity contribution in [2.24, 2.45) is 0 Å². The highest BCUT2D eigenvalue weighted by atomic mass is 16.3. The molecule has 0 aliphatic carbocycles. The van der Waals surface area contributed by atoms with Crippen LogP contribution in [0.15, 0.2) is 30.3 Å². The van der Waals surface area contributed by atoms with Crippen molar-refractivity contribution in [3.8, 4) is 5.75 Å². The first-order valence-corrected chi connectivity index (χ1v) is 2.13. The number of benzene rings is 1. The van der Waals surface area contributed by atoms with Crippen molar-refractivity contribution in [3.63, 3.8) is 0 Å². The van der Waals surface area contributed by atoms with Crippen LogP contribution in [0.5, 0.6) is 5.75 Å². The van der Waals surface area contributed by atoms with Crippen LogP contribution in [0.25, 0.3) is 0 Å². The lowest BCUT2D eigenvalue weighted by Crippen LogP contribution is -1.56. The van der Waals surface area contributed by atoms with E-state index in [9.17, 15) is 0 Å².